The molecule has 0 saturated carbocycles. The molecule has 0 saturated heterocycles. The van der Waals surface area contributed by atoms with Crippen LogP contribution >= 0.6 is 0 Å². The van der Waals surface area contributed by atoms with Crippen LogP contribution in [-0.2, 0) is 11.3 Å². The molecule has 2 heterocycles. The van der Waals surface area contributed by atoms with Gasteiger partial charge in [-0.25, -0.2) is 0 Å². The number of aromatic nitrogens is 1. The van der Waals surface area contributed by atoms with Crippen molar-refractivity contribution in [2.24, 2.45) is 0 Å². The van der Waals surface area contributed by atoms with E-state index in [0.29, 0.717) is 30.4 Å². The molecule has 1 aromatic heterocycles. The van der Waals surface area contributed by atoms with Crippen LogP contribution in [0.2, 0.25) is 0 Å². The number of nitrogens with zero attached hydrogens (tertiary/aromatic N) is 1. The lowest BCUT2D eigenvalue weighted by molar-refractivity contribution is -0.684. The minimum Gasteiger partial charge on any atom is -1.00 e. The van der Waals surface area contributed by atoms with E-state index in [1.54, 1.807) is 6.07 Å². The lowest BCUT2D eigenvalue weighted by atomic mass is 10.1. The molecule has 0 radical (unpaired) electrons. The molecule has 148 valence electrons. The molecular weight excluding hydrogens is 388 g/mol. The van der Waals surface area contributed by atoms with E-state index in [0.717, 1.165) is 11.1 Å². The van der Waals surface area contributed by atoms with Crippen LogP contribution < -0.4 is 31.8 Å². The van der Waals surface area contributed by atoms with Crippen LogP contribution in [0, 0.1) is 0 Å². The third kappa shape index (κ3) is 5.59. The summed E-state index contributed by atoms with van der Waals surface area (Å²) in [5, 5.41) is 2.89. The van der Waals surface area contributed by atoms with Crippen molar-refractivity contribution in [3.8, 4) is 11.5 Å². The summed E-state index contributed by atoms with van der Waals surface area (Å²) in [6, 6.07) is 19.5. The number of halogens is 1. The summed E-state index contributed by atoms with van der Waals surface area (Å²) in [7, 11) is 0. The fourth-order valence-corrected chi connectivity index (χ4v) is 2.93. The fourth-order valence-electron chi connectivity index (χ4n) is 2.93. The Labute approximate surface area is 176 Å². The highest BCUT2D eigenvalue weighted by atomic mass is 35.5. The molecule has 3 aromatic rings. The van der Waals surface area contributed by atoms with Gasteiger partial charge in [0.25, 0.3) is 5.91 Å². The van der Waals surface area contributed by atoms with Crippen LogP contribution in [0.1, 0.15) is 11.1 Å². The first-order valence-corrected chi connectivity index (χ1v) is 9.18. The number of anilines is 1. The normalized spacial score (nSPS) is 12.3. The van der Waals surface area contributed by atoms with Gasteiger partial charge in [-0.3, -0.25) is 4.79 Å². The monoisotopic (exact) mass is 408 g/mol. The summed E-state index contributed by atoms with van der Waals surface area (Å²) in [6.45, 7) is 1.30. The van der Waals surface area contributed by atoms with Crippen LogP contribution in [0.15, 0.2) is 73.1 Å². The van der Waals surface area contributed by atoms with Gasteiger partial charge in [-0.1, -0.05) is 42.5 Å². The van der Waals surface area contributed by atoms with E-state index in [1.165, 1.54) is 0 Å². The highest BCUT2D eigenvalue weighted by molar-refractivity contribution is 5.90. The van der Waals surface area contributed by atoms with E-state index in [9.17, 15) is 4.79 Å². The number of hydrogen-bond donors (Lipinski definition) is 1. The zero-order valence-corrected chi connectivity index (χ0v) is 16.5. The summed E-state index contributed by atoms with van der Waals surface area (Å²) in [6.07, 6.45) is 7.91. The summed E-state index contributed by atoms with van der Waals surface area (Å²) in [4.78, 5) is 12.3. The van der Waals surface area contributed by atoms with Gasteiger partial charge in [0, 0.05) is 23.9 Å². The van der Waals surface area contributed by atoms with Crippen molar-refractivity contribution in [2.45, 2.75) is 6.54 Å². The molecule has 1 N–H and O–H groups in total. The van der Waals surface area contributed by atoms with Crippen molar-refractivity contribution < 1.29 is 31.2 Å². The second-order valence-corrected chi connectivity index (χ2v) is 6.45. The highest BCUT2D eigenvalue weighted by Crippen LogP contribution is 2.32. The van der Waals surface area contributed by atoms with Crippen LogP contribution in [0.4, 0.5) is 5.69 Å². The topological polar surface area (TPSA) is 51.4 Å². The number of carbonyl (C=O) groups excluding carboxylic acids is 1. The van der Waals surface area contributed by atoms with Crippen molar-refractivity contribution in [3.05, 3.63) is 84.2 Å². The number of rotatable bonds is 5. The molecule has 1 aliphatic rings. The van der Waals surface area contributed by atoms with Gasteiger partial charge in [0.1, 0.15) is 13.2 Å². The first kappa shape index (κ1) is 20.4. The summed E-state index contributed by atoms with van der Waals surface area (Å²) < 4.78 is 12.9. The average molecular weight is 409 g/mol. The summed E-state index contributed by atoms with van der Waals surface area (Å²) in [5.41, 5.74) is 2.92. The molecule has 0 fully saturated rings. The third-order valence-corrected chi connectivity index (χ3v) is 4.34. The van der Waals surface area contributed by atoms with Gasteiger partial charge in [-0.2, -0.15) is 4.57 Å². The second kappa shape index (κ2) is 9.75. The molecule has 2 aromatic carbocycles. The zero-order valence-electron chi connectivity index (χ0n) is 15.8. The van der Waals surface area contributed by atoms with Gasteiger partial charge < -0.3 is 27.2 Å². The molecule has 0 aliphatic carbocycles. The smallest absolute Gasteiger partial charge is 0.290 e. The molecule has 0 unspecified atom stereocenters. The van der Waals surface area contributed by atoms with Crippen LogP contribution in [-0.4, -0.2) is 19.1 Å². The molecule has 29 heavy (non-hydrogen) atoms. The number of nitrogens with one attached hydrogen (secondary N) is 1. The van der Waals surface area contributed by atoms with Crippen molar-refractivity contribution >= 4 is 23.7 Å². The number of ether oxygens (including phenoxy) is 2. The van der Waals surface area contributed by atoms with Crippen molar-refractivity contribution in [2.75, 3.05) is 18.5 Å². The Kier molecular flexibility index (Phi) is 6.87. The first-order chi connectivity index (χ1) is 13.8. The lowest BCUT2D eigenvalue weighted by Crippen LogP contribution is -3.00. The van der Waals surface area contributed by atoms with Gasteiger partial charge in [0.05, 0.1) is 0 Å². The zero-order chi connectivity index (χ0) is 19.2. The van der Waals surface area contributed by atoms with Crippen molar-refractivity contribution in [1.29, 1.82) is 0 Å². The van der Waals surface area contributed by atoms with E-state index in [1.807, 2.05) is 59.4 Å². The maximum Gasteiger partial charge on any atom is 0.290 e. The quantitative estimate of drug-likeness (QED) is 0.628. The van der Waals surface area contributed by atoms with Gasteiger partial charge in [0.15, 0.2) is 23.9 Å². The standard InChI is InChI=1S/C23H20N2O3.ClH/c26-23(24-20-8-9-21-22(16-20)28-15-14-27-21)17-25-12-10-19(11-13-25)7-6-18-4-2-1-3-5-18;/h1-13,16H,14-15,17H2;1H/b7-6+;. The molecule has 0 spiro atoms. The molecule has 1 aliphatic heterocycles. The van der Waals surface area contributed by atoms with Gasteiger partial charge >= 0.3 is 0 Å². The Balaban J connectivity index is 0.00000240. The van der Waals surface area contributed by atoms with E-state index < -0.39 is 0 Å². The second-order valence-electron chi connectivity index (χ2n) is 6.45. The number of hydrogen-bond acceptors (Lipinski definition) is 3. The van der Waals surface area contributed by atoms with E-state index in [4.69, 9.17) is 9.47 Å². The molecular formula is C23H21ClN2O3. The molecule has 4 rings (SSSR count). The minimum absolute atomic E-state index is 0. The minimum atomic E-state index is -0.103. The summed E-state index contributed by atoms with van der Waals surface area (Å²) in [5.74, 6) is 1.26. The Morgan fingerprint density at radius 2 is 1.55 bits per heavy atom. The van der Waals surface area contributed by atoms with Crippen LogP contribution in [0.5, 0.6) is 11.5 Å². The molecule has 1 amide bonds. The highest BCUT2D eigenvalue weighted by Gasteiger charge is 2.14. The lowest BCUT2D eigenvalue weighted by Gasteiger charge is -2.18. The molecule has 6 heteroatoms. The van der Waals surface area contributed by atoms with E-state index >= 15 is 0 Å². The van der Waals surface area contributed by atoms with Crippen molar-refractivity contribution in [3.63, 3.8) is 0 Å². The van der Waals surface area contributed by atoms with Crippen LogP contribution in [0.25, 0.3) is 12.2 Å². The predicted molar refractivity (Wildman–Crippen MR) is 108 cm³/mol. The summed E-state index contributed by atoms with van der Waals surface area (Å²) >= 11 is 0. The van der Waals surface area contributed by atoms with E-state index in [-0.39, 0.29) is 24.9 Å². The van der Waals surface area contributed by atoms with E-state index in [2.05, 4.69) is 29.6 Å². The number of benzene rings is 2. The molecule has 0 bridgehead atoms. The fraction of sp³-hybridized carbons (Fsp3) is 0.130. The Hall–Kier alpha value is -3.31. The SMILES string of the molecule is O=C(C[n+]1ccc(/C=C/c2ccccc2)cc1)Nc1ccc2c(c1)OCCO2.[Cl-]. The number of fused-ring (bicyclic) bond motifs is 1. The maximum absolute atomic E-state index is 12.3. The number of pyridine rings is 1. The molecule has 5 nitrogen and oxygen atoms in total. The predicted octanol–water partition coefficient (Wildman–Crippen LogP) is 0.558. The third-order valence-electron chi connectivity index (χ3n) is 4.34. The average Bonchev–Trinajstić information content (AvgIpc) is 2.74. The Morgan fingerprint density at radius 3 is 2.28 bits per heavy atom. The van der Waals surface area contributed by atoms with Gasteiger partial charge in [-0.15, -0.1) is 0 Å². The first-order valence-electron chi connectivity index (χ1n) is 9.18. The van der Waals surface area contributed by atoms with Gasteiger partial charge in [-0.05, 0) is 23.3 Å². The Bertz CT molecular complexity index is 989. The van der Waals surface area contributed by atoms with Gasteiger partial charge in [0.2, 0.25) is 6.54 Å². The maximum atomic E-state index is 12.3. The van der Waals surface area contributed by atoms with Crippen LogP contribution in [0.3, 0.4) is 0 Å². The molecule has 0 atom stereocenters. The number of carbonyl (C=O) groups is 1. The van der Waals surface area contributed by atoms with Crippen molar-refractivity contribution in [1.82, 2.24) is 0 Å². The number of amides is 1. The largest absolute Gasteiger partial charge is 1.00 e. The Morgan fingerprint density at radius 1 is 0.897 bits per heavy atom.